The number of hydrogen-bond acceptors (Lipinski definition) is 3. The topological polar surface area (TPSA) is 26.3 Å². The Hall–Kier alpha value is -0.180. The zero-order valence-corrected chi connectivity index (χ0v) is 9.23. The Kier molecular flexibility index (Phi) is 4.64. The van der Waals surface area contributed by atoms with Crippen LogP contribution < -0.4 is 0 Å². The van der Waals surface area contributed by atoms with Gasteiger partial charge in [0.1, 0.15) is 0 Å². The van der Waals surface area contributed by atoms with Gasteiger partial charge in [-0.1, -0.05) is 12.8 Å². The maximum atomic E-state index is 11.3. The minimum absolute atomic E-state index is 0.0167. The number of rotatable bonds is 4. The highest BCUT2D eigenvalue weighted by atomic mass is 32.2. The van der Waals surface area contributed by atoms with Gasteiger partial charge >= 0.3 is 5.97 Å². The predicted molar refractivity (Wildman–Crippen MR) is 55.9 cm³/mol. The normalized spacial score (nSPS) is 20.2. The first-order chi connectivity index (χ1) is 6.24. The lowest BCUT2D eigenvalue weighted by atomic mass is 10.4. The lowest BCUT2D eigenvalue weighted by molar-refractivity contribution is -0.142. The summed E-state index contributed by atoms with van der Waals surface area (Å²) in [6.07, 6.45) is 5.20. The molecule has 3 heteroatoms. The summed E-state index contributed by atoms with van der Waals surface area (Å²) in [6, 6.07) is 0. The van der Waals surface area contributed by atoms with Crippen molar-refractivity contribution in [3.8, 4) is 0 Å². The molecule has 0 aromatic heterocycles. The fourth-order valence-corrected chi connectivity index (χ4v) is 2.99. The highest BCUT2D eigenvalue weighted by molar-refractivity contribution is 8.01. The van der Waals surface area contributed by atoms with Crippen LogP contribution in [0, 0.1) is 0 Å². The molecular weight excluding hydrogens is 184 g/mol. The average Bonchev–Trinajstić information content (AvgIpc) is 2.57. The van der Waals surface area contributed by atoms with E-state index in [4.69, 9.17) is 4.74 Å². The molecule has 0 unspecified atom stereocenters. The van der Waals surface area contributed by atoms with Crippen molar-refractivity contribution in [3.05, 3.63) is 0 Å². The van der Waals surface area contributed by atoms with Crippen LogP contribution in [0.5, 0.6) is 0 Å². The molecule has 13 heavy (non-hydrogen) atoms. The van der Waals surface area contributed by atoms with E-state index in [1.807, 2.05) is 13.8 Å². The molecule has 0 aromatic carbocycles. The Labute approximate surface area is 84.4 Å². The van der Waals surface area contributed by atoms with Crippen molar-refractivity contribution < 1.29 is 9.53 Å². The lowest BCUT2D eigenvalue weighted by Crippen LogP contribution is -2.19. The van der Waals surface area contributed by atoms with Gasteiger partial charge in [-0.2, -0.15) is 0 Å². The molecule has 0 heterocycles. The zero-order valence-electron chi connectivity index (χ0n) is 8.41. The van der Waals surface area contributed by atoms with Crippen LogP contribution in [0.3, 0.4) is 0 Å². The number of ether oxygens (including phenoxy) is 1. The van der Waals surface area contributed by atoms with Crippen molar-refractivity contribution in [3.63, 3.8) is 0 Å². The molecule has 1 saturated carbocycles. The number of carbonyl (C=O) groups is 1. The highest BCUT2D eigenvalue weighted by Gasteiger charge is 2.22. The second-order valence-corrected chi connectivity index (χ2v) is 5.08. The minimum atomic E-state index is -0.0561. The maximum Gasteiger partial charge on any atom is 0.318 e. The number of hydrogen-bond donors (Lipinski definition) is 0. The van der Waals surface area contributed by atoms with E-state index < -0.39 is 0 Å². The van der Waals surface area contributed by atoms with Gasteiger partial charge in [0, 0.05) is 5.25 Å². The van der Waals surface area contributed by atoms with Crippen molar-refractivity contribution in [2.75, 3.05) is 6.61 Å². The first-order valence-corrected chi connectivity index (χ1v) is 6.00. The van der Waals surface area contributed by atoms with Gasteiger partial charge in [0.15, 0.2) is 0 Å². The number of thioether (sulfide) groups is 1. The zero-order chi connectivity index (χ0) is 9.68. The average molecular weight is 202 g/mol. The van der Waals surface area contributed by atoms with E-state index in [0.717, 1.165) is 0 Å². The molecule has 1 aliphatic carbocycles. The Bertz CT molecular complexity index is 164. The van der Waals surface area contributed by atoms with E-state index in [1.54, 1.807) is 11.8 Å². The van der Waals surface area contributed by atoms with Gasteiger partial charge in [0.2, 0.25) is 0 Å². The monoisotopic (exact) mass is 202 g/mol. The van der Waals surface area contributed by atoms with Crippen LogP contribution in [0.1, 0.15) is 39.5 Å². The Morgan fingerprint density at radius 1 is 1.54 bits per heavy atom. The molecule has 2 nitrogen and oxygen atoms in total. The van der Waals surface area contributed by atoms with Crippen LogP contribution in [0.25, 0.3) is 0 Å². The Morgan fingerprint density at radius 3 is 2.69 bits per heavy atom. The fraction of sp³-hybridized carbons (Fsp3) is 0.900. The molecule has 0 aromatic rings. The Morgan fingerprint density at radius 2 is 2.15 bits per heavy atom. The summed E-state index contributed by atoms with van der Waals surface area (Å²) in [5.74, 6) is -0.0561. The van der Waals surface area contributed by atoms with Crippen molar-refractivity contribution in [1.29, 1.82) is 0 Å². The molecule has 0 amide bonds. The van der Waals surface area contributed by atoms with Gasteiger partial charge in [-0.3, -0.25) is 4.79 Å². The van der Waals surface area contributed by atoms with Gasteiger partial charge in [-0.05, 0) is 26.7 Å². The molecule has 1 aliphatic rings. The third kappa shape index (κ3) is 3.59. The molecule has 1 rings (SSSR count). The number of esters is 1. The van der Waals surface area contributed by atoms with E-state index >= 15 is 0 Å². The summed E-state index contributed by atoms with van der Waals surface area (Å²) in [7, 11) is 0. The van der Waals surface area contributed by atoms with E-state index in [0.29, 0.717) is 11.9 Å². The molecule has 0 bridgehead atoms. The molecule has 0 radical (unpaired) electrons. The van der Waals surface area contributed by atoms with Crippen LogP contribution in [0.15, 0.2) is 0 Å². The SMILES string of the molecule is CCOC(=O)[C@H](C)SC1CCCC1. The molecule has 0 saturated heterocycles. The lowest BCUT2D eigenvalue weighted by Gasteiger charge is -2.14. The minimum Gasteiger partial charge on any atom is -0.465 e. The van der Waals surface area contributed by atoms with Crippen LogP contribution in [0.2, 0.25) is 0 Å². The van der Waals surface area contributed by atoms with Crippen LogP contribution in [-0.2, 0) is 9.53 Å². The van der Waals surface area contributed by atoms with Crippen LogP contribution in [0.4, 0.5) is 0 Å². The molecule has 1 fully saturated rings. The quantitative estimate of drug-likeness (QED) is 0.655. The second kappa shape index (κ2) is 5.53. The maximum absolute atomic E-state index is 11.3. The highest BCUT2D eigenvalue weighted by Crippen LogP contribution is 2.32. The molecule has 0 spiro atoms. The standard InChI is InChI=1S/C10H18O2S/c1-3-12-10(11)8(2)13-9-6-4-5-7-9/h8-9H,3-7H2,1-2H3/t8-/m0/s1. The molecule has 0 N–H and O–H groups in total. The fourth-order valence-electron chi connectivity index (χ4n) is 1.63. The van der Waals surface area contributed by atoms with E-state index in [2.05, 4.69) is 0 Å². The van der Waals surface area contributed by atoms with Gasteiger partial charge in [0.05, 0.1) is 11.9 Å². The number of carbonyl (C=O) groups excluding carboxylic acids is 1. The van der Waals surface area contributed by atoms with E-state index in [-0.39, 0.29) is 11.2 Å². The van der Waals surface area contributed by atoms with Crippen molar-refractivity contribution >= 4 is 17.7 Å². The third-order valence-corrected chi connectivity index (χ3v) is 3.77. The first kappa shape index (κ1) is 10.9. The molecule has 0 aliphatic heterocycles. The largest absolute Gasteiger partial charge is 0.465 e. The van der Waals surface area contributed by atoms with Gasteiger partial charge in [-0.15, -0.1) is 11.8 Å². The van der Waals surface area contributed by atoms with Crippen LogP contribution >= 0.6 is 11.8 Å². The van der Waals surface area contributed by atoms with Crippen LogP contribution in [-0.4, -0.2) is 23.1 Å². The Balaban J connectivity index is 2.22. The summed E-state index contributed by atoms with van der Waals surface area (Å²) < 4.78 is 4.95. The summed E-state index contributed by atoms with van der Waals surface area (Å²) in [6.45, 7) is 4.29. The van der Waals surface area contributed by atoms with Crippen molar-refractivity contribution in [1.82, 2.24) is 0 Å². The van der Waals surface area contributed by atoms with Gasteiger partial charge in [-0.25, -0.2) is 0 Å². The van der Waals surface area contributed by atoms with Crippen molar-refractivity contribution in [2.45, 2.75) is 50.0 Å². The summed E-state index contributed by atoms with van der Waals surface area (Å²) in [5, 5.41) is 0.711. The molecule has 76 valence electrons. The smallest absolute Gasteiger partial charge is 0.318 e. The predicted octanol–water partition coefficient (Wildman–Crippen LogP) is 2.61. The van der Waals surface area contributed by atoms with Crippen molar-refractivity contribution in [2.24, 2.45) is 0 Å². The van der Waals surface area contributed by atoms with E-state index in [1.165, 1.54) is 25.7 Å². The second-order valence-electron chi connectivity index (χ2n) is 3.44. The van der Waals surface area contributed by atoms with E-state index in [9.17, 15) is 4.79 Å². The van der Waals surface area contributed by atoms with Gasteiger partial charge < -0.3 is 4.74 Å². The summed E-state index contributed by atoms with van der Waals surface area (Å²) in [4.78, 5) is 11.3. The summed E-state index contributed by atoms with van der Waals surface area (Å²) in [5.41, 5.74) is 0. The third-order valence-electron chi connectivity index (χ3n) is 2.32. The molecule has 1 atom stereocenters. The van der Waals surface area contributed by atoms with Gasteiger partial charge in [0.25, 0.3) is 0 Å². The molecular formula is C10H18O2S. The first-order valence-electron chi connectivity index (χ1n) is 5.06. The summed E-state index contributed by atoms with van der Waals surface area (Å²) >= 11 is 1.78.